The molecule has 0 radical (unpaired) electrons. The summed E-state index contributed by atoms with van der Waals surface area (Å²) in [4.78, 5) is 16.0. The van der Waals surface area contributed by atoms with Crippen LogP contribution in [0.5, 0.6) is 0 Å². The second kappa shape index (κ2) is 6.05. The van der Waals surface area contributed by atoms with Crippen molar-refractivity contribution in [2.75, 3.05) is 0 Å². The van der Waals surface area contributed by atoms with Gasteiger partial charge in [0.25, 0.3) is 0 Å². The van der Waals surface area contributed by atoms with Crippen molar-refractivity contribution in [3.05, 3.63) is 84.3 Å². The number of hydrogen-bond acceptors (Lipinski definition) is 3. The van der Waals surface area contributed by atoms with Crippen LogP contribution in [-0.2, 0) is 6.54 Å². The van der Waals surface area contributed by atoms with Crippen molar-refractivity contribution in [2.45, 2.75) is 6.54 Å². The highest BCUT2D eigenvalue weighted by Crippen LogP contribution is 2.09. The van der Waals surface area contributed by atoms with E-state index in [0.29, 0.717) is 11.3 Å². The molecule has 0 spiro atoms. The Kier molecular flexibility index (Phi) is 3.78. The maximum absolute atomic E-state index is 12.0. The number of benzene rings is 1. The van der Waals surface area contributed by atoms with Gasteiger partial charge >= 0.3 is 0 Å². The van der Waals surface area contributed by atoms with Crippen molar-refractivity contribution in [3.8, 4) is 0 Å². The van der Waals surface area contributed by atoms with Crippen molar-refractivity contribution in [1.82, 2.24) is 9.55 Å². The summed E-state index contributed by atoms with van der Waals surface area (Å²) in [6.45, 7) is 0.747. The summed E-state index contributed by atoms with van der Waals surface area (Å²) in [7, 11) is 0. The molecule has 0 aliphatic rings. The Morgan fingerprint density at radius 1 is 1.24 bits per heavy atom. The highest BCUT2D eigenvalue weighted by molar-refractivity contribution is 6.06. The van der Waals surface area contributed by atoms with Crippen LogP contribution in [0.3, 0.4) is 0 Å². The van der Waals surface area contributed by atoms with Gasteiger partial charge in [0, 0.05) is 24.5 Å². The maximum atomic E-state index is 12.0. The van der Waals surface area contributed by atoms with Crippen LogP contribution in [0.1, 0.15) is 21.7 Å². The predicted octanol–water partition coefficient (Wildman–Crippen LogP) is 3.42. The molecule has 4 nitrogen and oxygen atoms in total. The van der Waals surface area contributed by atoms with Gasteiger partial charge in [0.05, 0.1) is 12.6 Å². The zero-order valence-electron chi connectivity index (χ0n) is 11.3. The van der Waals surface area contributed by atoms with E-state index in [1.54, 1.807) is 37.0 Å². The molecule has 1 aromatic carbocycles. The molecular weight excluding hydrogens is 264 g/mol. The van der Waals surface area contributed by atoms with Gasteiger partial charge < -0.3 is 8.98 Å². The van der Waals surface area contributed by atoms with Crippen molar-refractivity contribution < 1.29 is 9.21 Å². The van der Waals surface area contributed by atoms with E-state index < -0.39 is 0 Å². The first-order chi connectivity index (χ1) is 10.3. The number of hydrogen-bond donors (Lipinski definition) is 0. The van der Waals surface area contributed by atoms with E-state index in [1.807, 2.05) is 35.0 Å². The van der Waals surface area contributed by atoms with Crippen LogP contribution in [0.25, 0.3) is 6.08 Å². The van der Waals surface area contributed by atoms with Crippen molar-refractivity contribution in [3.63, 3.8) is 0 Å². The molecular formula is C17H14N2O2. The number of furan rings is 1. The minimum Gasteiger partial charge on any atom is -0.465 e. The summed E-state index contributed by atoms with van der Waals surface area (Å²) in [6.07, 6.45) is 10.2. The third kappa shape index (κ3) is 3.36. The first-order valence-electron chi connectivity index (χ1n) is 6.62. The lowest BCUT2D eigenvalue weighted by Gasteiger charge is -2.03. The zero-order chi connectivity index (χ0) is 14.5. The lowest BCUT2D eigenvalue weighted by molar-refractivity contribution is 0.104. The highest BCUT2D eigenvalue weighted by Gasteiger charge is 2.02. The number of ketones is 1. The van der Waals surface area contributed by atoms with Crippen LogP contribution >= 0.6 is 0 Å². The zero-order valence-corrected chi connectivity index (χ0v) is 11.3. The molecule has 2 heterocycles. The smallest absolute Gasteiger partial charge is 0.185 e. The van der Waals surface area contributed by atoms with Gasteiger partial charge in [-0.1, -0.05) is 24.3 Å². The third-order valence-electron chi connectivity index (χ3n) is 3.10. The maximum Gasteiger partial charge on any atom is 0.185 e. The Morgan fingerprint density at radius 3 is 2.76 bits per heavy atom. The second-order valence-electron chi connectivity index (χ2n) is 4.64. The molecule has 2 aromatic heterocycles. The fourth-order valence-corrected chi connectivity index (χ4v) is 2.01. The van der Waals surface area contributed by atoms with E-state index in [1.165, 1.54) is 6.08 Å². The second-order valence-corrected chi connectivity index (χ2v) is 4.64. The molecule has 0 fully saturated rings. The topological polar surface area (TPSA) is 48.0 Å². The molecule has 0 bridgehead atoms. The summed E-state index contributed by atoms with van der Waals surface area (Å²) < 4.78 is 7.13. The minimum atomic E-state index is -0.0411. The number of carbonyl (C=O) groups excluding carboxylic acids is 1. The molecule has 0 aliphatic carbocycles. The van der Waals surface area contributed by atoms with Crippen LogP contribution in [0, 0.1) is 0 Å². The van der Waals surface area contributed by atoms with E-state index >= 15 is 0 Å². The Labute approximate surface area is 122 Å². The average molecular weight is 278 g/mol. The first-order valence-corrected chi connectivity index (χ1v) is 6.62. The van der Waals surface area contributed by atoms with Gasteiger partial charge in [-0.2, -0.15) is 0 Å². The molecule has 21 heavy (non-hydrogen) atoms. The van der Waals surface area contributed by atoms with Gasteiger partial charge in [-0.05, 0) is 29.8 Å². The van der Waals surface area contributed by atoms with Gasteiger partial charge in [-0.25, -0.2) is 4.98 Å². The van der Waals surface area contributed by atoms with Gasteiger partial charge in [-0.15, -0.1) is 0 Å². The molecule has 0 amide bonds. The molecule has 0 atom stereocenters. The molecule has 0 unspecified atom stereocenters. The van der Waals surface area contributed by atoms with E-state index in [4.69, 9.17) is 4.42 Å². The molecule has 0 aliphatic heterocycles. The van der Waals surface area contributed by atoms with Gasteiger partial charge in [0.1, 0.15) is 5.76 Å². The monoisotopic (exact) mass is 278 g/mol. The van der Waals surface area contributed by atoms with Crippen molar-refractivity contribution >= 4 is 11.9 Å². The standard InChI is InChI=1S/C17H14N2O2/c20-17(8-7-16-2-1-11-21-16)15-5-3-14(4-6-15)12-19-10-9-18-13-19/h1-11,13H,12H2/b8-7+. The Balaban J connectivity index is 1.67. The van der Waals surface area contributed by atoms with Crippen LogP contribution in [0.4, 0.5) is 0 Å². The quantitative estimate of drug-likeness (QED) is 0.530. The molecule has 4 heteroatoms. The number of aromatic nitrogens is 2. The summed E-state index contributed by atoms with van der Waals surface area (Å²) in [5, 5.41) is 0. The lowest BCUT2D eigenvalue weighted by Crippen LogP contribution is -1.98. The molecule has 3 aromatic rings. The normalized spacial score (nSPS) is 11.0. The molecule has 104 valence electrons. The number of imidazole rings is 1. The van der Waals surface area contributed by atoms with Crippen molar-refractivity contribution in [1.29, 1.82) is 0 Å². The van der Waals surface area contributed by atoms with E-state index in [9.17, 15) is 4.79 Å². The Morgan fingerprint density at radius 2 is 2.10 bits per heavy atom. The average Bonchev–Trinajstić information content (AvgIpc) is 3.19. The Hall–Kier alpha value is -2.88. The fourth-order valence-electron chi connectivity index (χ4n) is 2.01. The minimum absolute atomic E-state index is 0.0411. The number of allylic oxidation sites excluding steroid dienone is 1. The van der Waals surface area contributed by atoms with E-state index in [2.05, 4.69) is 4.98 Å². The molecule has 3 rings (SSSR count). The van der Waals surface area contributed by atoms with Gasteiger partial charge in [-0.3, -0.25) is 4.79 Å². The van der Waals surface area contributed by atoms with Crippen molar-refractivity contribution in [2.24, 2.45) is 0 Å². The van der Waals surface area contributed by atoms with E-state index in [0.717, 1.165) is 12.1 Å². The fraction of sp³-hybridized carbons (Fsp3) is 0.0588. The van der Waals surface area contributed by atoms with Crippen LogP contribution < -0.4 is 0 Å². The largest absolute Gasteiger partial charge is 0.465 e. The first kappa shape index (κ1) is 13.1. The SMILES string of the molecule is O=C(/C=C/c1ccco1)c1ccc(Cn2ccnc2)cc1. The Bertz CT molecular complexity index is 724. The number of nitrogens with zero attached hydrogens (tertiary/aromatic N) is 2. The summed E-state index contributed by atoms with van der Waals surface area (Å²) in [5.74, 6) is 0.626. The predicted molar refractivity (Wildman–Crippen MR) is 79.8 cm³/mol. The highest BCUT2D eigenvalue weighted by atomic mass is 16.3. The lowest BCUT2D eigenvalue weighted by atomic mass is 10.1. The number of rotatable bonds is 5. The summed E-state index contributed by atoms with van der Waals surface area (Å²) in [6, 6.07) is 11.2. The summed E-state index contributed by atoms with van der Waals surface area (Å²) >= 11 is 0. The van der Waals surface area contributed by atoms with Crippen LogP contribution in [-0.4, -0.2) is 15.3 Å². The van der Waals surface area contributed by atoms with E-state index in [-0.39, 0.29) is 5.78 Å². The van der Waals surface area contributed by atoms with Gasteiger partial charge in [0.2, 0.25) is 0 Å². The van der Waals surface area contributed by atoms with Gasteiger partial charge in [0.15, 0.2) is 5.78 Å². The third-order valence-corrected chi connectivity index (χ3v) is 3.10. The van der Waals surface area contributed by atoms with Crippen LogP contribution in [0.2, 0.25) is 0 Å². The summed E-state index contributed by atoms with van der Waals surface area (Å²) in [5.41, 5.74) is 1.78. The molecule has 0 N–H and O–H groups in total. The molecule has 0 saturated carbocycles. The van der Waals surface area contributed by atoms with Crippen LogP contribution in [0.15, 0.2) is 71.9 Å². The molecule has 0 saturated heterocycles. The number of carbonyl (C=O) groups is 1.